The number of carbonyl (C=O) groups excluding carboxylic acids is 2. The molecule has 2 N–H and O–H groups in total. The molecule has 5 heteroatoms. The van der Waals surface area contributed by atoms with Crippen molar-refractivity contribution in [3.05, 3.63) is 71.6 Å². The third-order valence-corrected chi connectivity index (χ3v) is 4.17. The van der Waals surface area contributed by atoms with E-state index in [-0.39, 0.29) is 11.8 Å². The Hall–Kier alpha value is -2.95. The molecule has 0 bridgehead atoms. The zero-order chi connectivity index (χ0) is 17.5. The van der Waals surface area contributed by atoms with Gasteiger partial charge in [-0.05, 0) is 55.5 Å². The van der Waals surface area contributed by atoms with Crippen molar-refractivity contribution in [1.82, 2.24) is 10.3 Å². The summed E-state index contributed by atoms with van der Waals surface area (Å²) in [5.41, 5.74) is 3.07. The molecule has 1 heterocycles. The minimum absolute atomic E-state index is 0.0121. The highest BCUT2D eigenvalue weighted by Crippen LogP contribution is 2.17. The number of nitrogens with zero attached hydrogens (tertiary/aromatic N) is 1. The largest absolute Gasteiger partial charge is 0.348 e. The van der Waals surface area contributed by atoms with Crippen molar-refractivity contribution in [2.75, 3.05) is 5.32 Å². The van der Waals surface area contributed by atoms with Crippen LogP contribution in [0.25, 0.3) is 0 Å². The van der Waals surface area contributed by atoms with Gasteiger partial charge >= 0.3 is 0 Å². The maximum Gasteiger partial charge on any atom is 0.255 e. The minimum atomic E-state index is -0.184. The van der Waals surface area contributed by atoms with Crippen LogP contribution in [0.3, 0.4) is 0 Å². The first-order chi connectivity index (χ1) is 12.2. The highest BCUT2D eigenvalue weighted by molar-refractivity contribution is 6.04. The van der Waals surface area contributed by atoms with Gasteiger partial charge < -0.3 is 10.6 Å². The summed E-state index contributed by atoms with van der Waals surface area (Å²) in [5, 5.41) is 5.73. The molecule has 0 aliphatic heterocycles. The smallest absolute Gasteiger partial charge is 0.255 e. The third-order valence-electron chi connectivity index (χ3n) is 4.17. The second-order valence-corrected chi connectivity index (χ2v) is 6.05. The Morgan fingerprint density at radius 1 is 1.04 bits per heavy atom. The molecule has 2 aromatic rings. The molecule has 1 aromatic carbocycles. The number of rotatable bonds is 5. The van der Waals surface area contributed by atoms with E-state index >= 15 is 0 Å². The van der Waals surface area contributed by atoms with Crippen LogP contribution >= 0.6 is 0 Å². The fraction of sp³-hybridized carbons (Fsp3) is 0.250. The second kappa shape index (κ2) is 8.24. The average Bonchev–Trinajstić information content (AvgIpc) is 2.68. The fourth-order valence-corrected chi connectivity index (χ4v) is 2.75. The quantitative estimate of drug-likeness (QED) is 0.879. The first-order valence-electron chi connectivity index (χ1n) is 8.50. The number of anilines is 1. The van der Waals surface area contributed by atoms with Crippen molar-refractivity contribution in [3.8, 4) is 0 Å². The Bertz CT molecular complexity index is 767. The van der Waals surface area contributed by atoms with Crippen LogP contribution < -0.4 is 10.6 Å². The summed E-state index contributed by atoms with van der Waals surface area (Å²) >= 11 is 0. The van der Waals surface area contributed by atoms with E-state index in [1.165, 1.54) is 6.42 Å². The number of benzene rings is 1. The van der Waals surface area contributed by atoms with Gasteiger partial charge in [0.25, 0.3) is 5.91 Å². The molecule has 0 fully saturated rings. The summed E-state index contributed by atoms with van der Waals surface area (Å²) in [4.78, 5) is 28.2. The number of nitrogens with one attached hydrogen (secondary N) is 2. The van der Waals surface area contributed by atoms with E-state index in [1.807, 2.05) is 18.2 Å². The predicted octanol–water partition coefficient (Wildman–Crippen LogP) is 3.45. The molecule has 0 saturated carbocycles. The molecule has 1 aromatic heterocycles. The fourth-order valence-electron chi connectivity index (χ4n) is 2.75. The normalized spacial score (nSPS) is 13.7. The summed E-state index contributed by atoms with van der Waals surface area (Å²) in [6.07, 6.45) is 9.39. The van der Waals surface area contributed by atoms with Crippen LogP contribution in [0.4, 0.5) is 5.69 Å². The molecule has 0 radical (unpaired) electrons. The lowest BCUT2D eigenvalue weighted by Gasteiger charge is -2.13. The molecular weight excluding hydrogens is 314 g/mol. The van der Waals surface area contributed by atoms with E-state index in [2.05, 4.69) is 15.6 Å². The van der Waals surface area contributed by atoms with Gasteiger partial charge in [-0.3, -0.25) is 14.6 Å². The van der Waals surface area contributed by atoms with Gasteiger partial charge in [0.2, 0.25) is 5.91 Å². The van der Waals surface area contributed by atoms with Gasteiger partial charge in [-0.2, -0.15) is 0 Å². The first kappa shape index (κ1) is 16.9. The van der Waals surface area contributed by atoms with Crippen LogP contribution in [0, 0.1) is 0 Å². The zero-order valence-electron chi connectivity index (χ0n) is 14.0. The number of aromatic nitrogens is 1. The van der Waals surface area contributed by atoms with Crippen molar-refractivity contribution in [3.63, 3.8) is 0 Å². The second-order valence-electron chi connectivity index (χ2n) is 6.05. The summed E-state index contributed by atoms with van der Waals surface area (Å²) in [6.45, 7) is 0.459. The van der Waals surface area contributed by atoms with Gasteiger partial charge in [0, 0.05) is 23.9 Å². The van der Waals surface area contributed by atoms with Crippen molar-refractivity contribution in [2.45, 2.75) is 32.2 Å². The number of hydrogen-bond acceptors (Lipinski definition) is 3. The van der Waals surface area contributed by atoms with Gasteiger partial charge in [0.05, 0.1) is 11.9 Å². The highest BCUT2D eigenvalue weighted by Gasteiger charge is 2.12. The minimum Gasteiger partial charge on any atom is -0.348 e. The highest BCUT2D eigenvalue weighted by atomic mass is 16.2. The summed E-state index contributed by atoms with van der Waals surface area (Å²) in [7, 11) is 0. The van der Waals surface area contributed by atoms with Crippen LogP contribution in [0.5, 0.6) is 0 Å². The molecule has 0 atom stereocenters. The van der Waals surface area contributed by atoms with E-state index in [4.69, 9.17) is 0 Å². The van der Waals surface area contributed by atoms with E-state index in [1.54, 1.807) is 36.7 Å². The van der Waals surface area contributed by atoms with Crippen LogP contribution in [-0.4, -0.2) is 16.8 Å². The van der Waals surface area contributed by atoms with E-state index in [9.17, 15) is 9.59 Å². The molecule has 1 aliphatic rings. The van der Waals surface area contributed by atoms with Crippen LogP contribution in [0.15, 0.2) is 60.4 Å². The maximum atomic E-state index is 12.2. The van der Waals surface area contributed by atoms with E-state index in [0.29, 0.717) is 17.8 Å². The van der Waals surface area contributed by atoms with Gasteiger partial charge in [-0.15, -0.1) is 0 Å². The van der Waals surface area contributed by atoms with Crippen LogP contribution in [-0.2, 0) is 11.3 Å². The molecular formula is C20H21N3O2. The summed E-state index contributed by atoms with van der Waals surface area (Å²) in [6, 6.07) is 10.8. The SMILES string of the molecule is O=C(NCc1ccc(C(=O)Nc2cccnc2)cc1)C1=CCCCC1. The molecule has 1 aliphatic carbocycles. The molecule has 5 nitrogen and oxygen atoms in total. The van der Waals surface area contributed by atoms with Gasteiger partial charge in [0.15, 0.2) is 0 Å². The molecule has 0 unspecified atom stereocenters. The number of amides is 2. The molecule has 0 saturated heterocycles. The standard InChI is InChI=1S/C20H21N3O2/c24-19(16-5-2-1-3-6-16)22-13-15-8-10-17(11-9-15)20(25)23-18-7-4-12-21-14-18/h4-5,7-12,14H,1-3,6,13H2,(H,22,24)(H,23,25). The summed E-state index contributed by atoms with van der Waals surface area (Å²) < 4.78 is 0. The number of allylic oxidation sites excluding steroid dienone is 1. The van der Waals surface area contributed by atoms with Crippen molar-refractivity contribution in [2.24, 2.45) is 0 Å². The van der Waals surface area contributed by atoms with Gasteiger partial charge in [0.1, 0.15) is 0 Å². The van der Waals surface area contributed by atoms with Gasteiger partial charge in [-0.25, -0.2) is 0 Å². The number of carbonyl (C=O) groups is 2. The van der Waals surface area contributed by atoms with E-state index in [0.717, 1.165) is 30.4 Å². The average molecular weight is 335 g/mol. The predicted molar refractivity (Wildman–Crippen MR) is 97.0 cm³/mol. The lowest BCUT2D eigenvalue weighted by Crippen LogP contribution is -2.25. The maximum absolute atomic E-state index is 12.2. The van der Waals surface area contributed by atoms with E-state index < -0.39 is 0 Å². The molecule has 0 spiro atoms. The van der Waals surface area contributed by atoms with Crippen molar-refractivity contribution < 1.29 is 9.59 Å². The third kappa shape index (κ3) is 4.76. The number of pyridine rings is 1. The zero-order valence-corrected chi connectivity index (χ0v) is 14.0. The monoisotopic (exact) mass is 335 g/mol. The molecule has 3 rings (SSSR count). The Balaban J connectivity index is 1.54. The Morgan fingerprint density at radius 3 is 2.56 bits per heavy atom. The lowest BCUT2D eigenvalue weighted by atomic mass is 9.99. The number of hydrogen-bond donors (Lipinski definition) is 2. The Labute approximate surface area is 147 Å². The molecule has 128 valence electrons. The molecule has 2 amide bonds. The van der Waals surface area contributed by atoms with Crippen molar-refractivity contribution in [1.29, 1.82) is 0 Å². The Kier molecular flexibility index (Phi) is 5.57. The molecule has 25 heavy (non-hydrogen) atoms. The van der Waals surface area contributed by atoms with Gasteiger partial charge in [-0.1, -0.05) is 18.2 Å². The first-order valence-corrected chi connectivity index (χ1v) is 8.50. The van der Waals surface area contributed by atoms with Crippen molar-refractivity contribution >= 4 is 17.5 Å². The topological polar surface area (TPSA) is 71.1 Å². The lowest BCUT2D eigenvalue weighted by molar-refractivity contribution is -0.117. The Morgan fingerprint density at radius 2 is 1.88 bits per heavy atom. The summed E-state index contributed by atoms with van der Waals surface area (Å²) in [5.74, 6) is -0.172. The van der Waals surface area contributed by atoms with Crippen LogP contribution in [0.2, 0.25) is 0 Å². The van der Waals surface area contributed by atoms with Crippen LogP contribution in [0.1, 0.15) is 41.6 Å².